The Kier molecular flexibility index (Phi) is 5.84. The van der Waals surface area contributed by atoms with Crippen LogP contribution in [0.3, 0.4) is 0 Å². The lowest BCUT2D eigenvalue weighted by atomic mass is 9.99. The number of allylic oxidation sites excluding steroid dienone is 5. The van der Waals surface area contributed by atoms with Crippen molar-refractivity contribution >= 4 is 44.7 Å². The summed E-state index contributed by atoms with van der Waals surface area (Å²) < 4.78 is 2.39. The van der Waals surface area contributed by atoms with Gasteiger partial charge in [-0.05, 0) is 64.8 Å². The molecule has 3 aromatic heterocycles. The lowest BCUT2D eigenvalue weighted by molar-refractivity contribution is 1.17. The van der Waals surface area contributed by atoms with Crippen molar-refractivity contribution in [1.29, 1.82) is 0 Å². The molecule has 0 unspecified atom stereocenters. The van der Waals surface area contributed by atoms with Gasteiger partial charge in [-0.1, -0.05) is 121 Å². The number of H-pyrrole nitrogens is 1. The minimum Gasteiger partial charge on any atom is -0.340 e. The SMILES string of the molecule is C1=CC2=C(c3ccccc3)c3cc4c(-c5ccccc5)c5ccc(n5c4[nH]3)=C(c3ccccc3)C3=NC(=C(c4ccccc4)C1=N2)C=C3. The predicted molar refractivity (Wildman–Crippen MR) is 198 cm³/mol. The molecule has 0 atom stereocenters. The molecule has 4 aromatic carbocycles. The highest BCUT2D eigenvalue weighted by Gasteiger charge is 2.26. The second-order valence-corrected chi connectivity index (χ2v) is 12.3. The van der Waals surface area contributed by atoms with E-state index >= 15 is 0 Å². The van der Waals surface area contributed by atoms with E-state index in [1.165, 1.54) is 16.5 Å². The van der Waals surface area contributed by atoms with Gasteiger partial charge in [-0.25, -0.2) is 9.98 Å². The molecule has 4 heteroatoms. The number of benzene rings is 4. The van der Waals surface area contributed by atoms with E-state index in [1.807, 2.05) is 0 Å². The van der Waals surface area contributed by atoms with Crippen LogP contribution in [0.15, 0.2) is 185 Å². The first-order chi connectivity index (χ1) is 23.8. The van der Waals surface area contributed by atoms with Gasteiger partial charge >= 0.3 is 0 Å². The highest BCUT2D eigenvalue weighted by molar-refractivity contribution is 6.35. The van der Waals surface area contributed by atoms with Gasteiger partial charge in [0.1, 0.15) is 5.65 Å². The number of aromatic nitrogens is 2. The van der Waals surface area contributed by atoms with Crippen molar-refractivity contribution in [3.8, 4) is 11.1 Å². The predicted octanol–water partition coefficient (Wildman–Crippen LogP) is 9.21. The molecule has 4 nitrogen and oxygen atoms in total. The summed E-state index contributed by atoms with van der Waals surface area (Å²) in [5, 5.41) is 2.26. The summed E-state index contributed by atoms with van der Waals surface area (Å²) in [5.41, 5.74) is 15.7. The molecule has 0 fully saturated rings. The quantitative estimate of drug-likeness (QED) is 0.206. The van der Waals surface area contributed by atoms with Crippen molar-refractivity contribution in [1.82, 2.24) is 9.38 Å². The minimum absolute atomic E-state index is 0.897. The fourth-order valence-corrected chi connectivity index (χ4v) is 7.45. The molecule has 3 aliphatic rings. The standard InChI is InChI=1S/C44H28N4/c1-5-13-28(14-6-1)40-32-27-37-42(30-17-9-3-10-18-30)35-22-21-33(45-35)41(29-15-7-2-8-16-29)34-23-24-36(46-34)43(31-19-11-4-12-20-31)39-26-25-38(40)48(39)44(32)47-37/h1-27,47H. The van der Waals surface area contributed by atoms with Gasteiger partial charge in [-0.2, -0.15) is 0 Å². The van der Waals surface area contributed by atoms with Gasteiger partial charge in [0.05, 0.1) is 39.4 Å². The lowest BCUT2D eigenvalue weighted by Gasteiger charge is -2.11. The highest BCUT2D eigenvalue weighted by Crippen LogP contribution is 2.40. The summed E-state index contributed by atoms with van der Waals surface area (Å²) in [7, 11) is 0. The van der Waals surface area contributed by atoms with E-state index in [0.29, 0.717) is 0 Å². The molecule has 1 N–H and O–H groups in total. The molecule has 0 saturated carbocycles. The molecule has 10 rings (SSSR count). The zero-order valence-electron chi connectivity index (χ0n) is 25.9. The molecule has 0 spiro atoms. The number of hydrogen-bond acceptors (Lipinski definition) is 2. The van der Waals surface area contributed by atoms with Crippen LogP contribution in [-0.4, -0.2) is 20.8 Å². The summed E-state index contributed by atoms with van der Waals surface area (Å²) in [6.07, 6.45) is 8.58. The molecule has 0 aliphatic carbocycles. The molecule has 7 aromatic rings. The van der Waals surface area contributed by atoms with Crippen molar-refractivity contribution in [3.05, 3.63) is 203 Å². The van der Waals surface area contributed by atoms with Gasteiger partial charge in [-0.15, -0.1) is 0 Å². The van der Waals surface area contributed by atoms with Crippen molar-refractivity contribution in [2.75, 3.05) is 0 Å². The van der Waals surface area contributed by atoms with Crippen LogP contribution in [0.4, 0.5) is 0 Å². The van der Waals surface area contributed by atoms with Crippen LogP contribution in [0, 0.1) is 0 Å². The number of aromatic amines is 1. The normalized spacial score (nSPS) is 15.4. The van der Waals surface area contributed by atoms with Crippen LogP contribution in [0.1, 0.15) is 22.4 Å². The first-order valence-corrected chi connectivity index (χ1v) is 16.3. The van der Waals surface area contributed by atoms with Crippen LogP contribution < -0.4 is 5.35 Å². The molecule has 0 radical (unpaired) electrons. The first-order valence-electron chi connectivity index (χ1n) is 16.3. The summed E-state index contributed by atoms with van der Waals surface area (Å²) in [6.45, 7) is 0. The number of fused-ring (bicyclic) bond motifs is 3. The third-order valence-electron chi connectivity index (χ3n) is 9.51. The molecular weight excluding hydrogens is 585 g/mol. The topological polar surface area (TPSA) is 44.9 Å². The monoisotopic (exact) mass is 612 g/mol. The van der Waals surface area contributed by atoms with E-state index in [2.05, 4.69) is 173 Å². The highest BCUT2D eigenvalue weighted by atomic mass is 15.0. The van der Waals surface area contributed by atoms with Crippen LogP contribution in [0.5, 0.6) is 0 Å². The zero-order valence-corrected chi connectivity index (χ0v) is 25.9. The Hall–Kier alpha value is -6.52. The van der Waals surface area contributed by atoms with E-state index in [1.54, 1.807) is 0 Å². The Bertz CT molecular complexity index is 2660. The number of aliphatic imine (C=N–C) groups is 2. The second kappa shape index (κ2) is 10.5. The van der Waals surface area contributed by atoms with Gasteiger partial charge < -0.3 is 4.98 Å². The summed E-state index contributed by atoms with van der Waals surface area (Å²) in [5.74, 6) is 0. The molecule has 6 heterocycles. The van der Waals surface area contributed by atoms with Crippen molar-refractivity contribution in [3.63, 3.8) is 0 Å². The van der Waals surface area contributed by atoms with Gasteiger partial charge in [0.15, 0.2) is 0 Å². The van der Waals surface area contributed by atoms with Crippen molar-refractivity contribution in [2.24, 2.45) is 9.98 Å². The molecule has 3 aliphatic heterocycles. The zero-order chi connectivity index (χ0) is 31.6. The van der Waals surface area contributed by atoms with Crippen LogP contribution >= 0.6 is 0 Å². The Morgan fingerprint density at radius 2 is 0.958 bits per heavy atom. The third-order valence-corrected chi connectivity index (χ3v) is 9.51. The van der Waals surface area contributed by atoms with Crippen LogP contribution in [0.2, 0.25) is 0 Å². The second-order valence-electron chi connectivity index (χ2n) is 12.3. The maximum Gasteiger partial charge on any atom is 0.123 e. The fourth-order valence-electron chi connectivity index (χ4n) is 7.45. The number of nitrogens with zero attached hydrogens (tertiary/aromatic N) is 3. The van der Waals surface area contributed by atoms with E-state index in [-0.39, 0.29) is 0 Å². The Labute approximate surface area is 277 Å². The molecule has 224 valence electrons. The minimum atomic E-state index is 0.897. The number of hydrogen-bond donors (Lipinski definition) is 1. The Morgan fingerprint density at radius 1 is 0.458 bits per heavy atom. The summed E-state index contributed by atoms with van der Waals surface area (Å²) in [6, 6.07) is 49.2. The third kappa shape index (κ3) is 4.03. The average Bonchev–Trinajstić information content (AvgIpc) is 3.98. The van der Waals surface area contributed by atoms with Gasteiger partial charge in [0, 0.05) is 27.7 Å². The van der Waals surface area contributed by atoms with Crippen molar-refractivity contribution in [2.45, 2.75) is 0 Å². The van der Waals surface area contributed by atoms with E-state index < -0.39 is 0 Å². The van der Waals surface area contributed by atoms with Gasteiger partial charge in [0.2, 0.25) is 0 Å². The Morgan fingerprint density at radius 3 is 1.56 bits per heavy atom. The maximum atomic E-state index is 5.39. The molecule has 0 amide bonds. The Balaban J connectivity index is 1.41. The molecule has 0 saturated heterocycles. The summed E-state index contributed by atoms with van der Waals surface area (Å²) in [4.78, 5) is 14.7. The van der Waals surface area contributed by atoms with Crippen molar-refractivity contribution < 1.29 is 0 Å². The first kappa shape index (κ1) is 26.7. The average molecular weight is 613 g/mol. The summed E-state index contributed by atoms with van der Waals surface area (Å²) >= 11 is 0. The van der Waals surface area contributed by atoms with E-state index in [9.17, 15) is 0 Å². The van der Waals surface area contributed by atoms with Crippen LogP contribution in [-0.2, 0) is 0 Å². The number of rotatable bonds is 4. The molecule has 48 heavy (non-hydrogen) atoms. The van der Waals surface area contributed by atoms with Gasteiger partial charge in [0.25, 0.3) is 0 Å². The largest absolute Gasteiger partial charge is 0.340 e. The smallest absolute Gasteiger partial charge is 0.123 e. The van der Waals surface area contributed by atoms with Crippen LogP contribution in [0.25, 0.3) is 44.4 Å². The van der Waals surface area contributed by atoms with E-state index in [4.69, 9.17) is 9.98 Å². The molecular formula is C44H28N4. The number of nitrogens with one attached hydrogen (secondary N) is 1. The van der Waals surface area contributed by atoms with E-state index in [0.717, 1.165) is 78.4 Å². The fraction of sp³-hybridized carbons (Fsp3) is 0. The lowest BCUT2D eigenvalue weighted by Crippen LogP contribution is -2.18. The van der Waals surface area contributed by atoms with Gasteiger partial charge in [-0.3, -0.25) is 4.40 Å². The molecule has 6 bridgehead atoms. The maximum absolute atomic E-state index is 5.39.